The summed E-state index contributed by atoms with van der Waals surface area (Å²) in [6.45, 7) is 1.38. The standard InChI is InChI=1S/C25H23N5O2/c1-29(2)14-16-3-5-17(6-4-16)18-7-10-23-22(13-27-30(23)15-18)25(32)28-20-8-9-21-19(11-20)12-26-24(21)31/h3-11,13,15H,12,14H2,1-2H3,(H,26,31)(H,28,32). The van der Waals surface area contributed by atoms with Gasteiger partial charge in [-0.25, -0.2) is 4.52 Å². The van der Waals surface area contributed by atoms with E-state index in [4.69, 9.17) is 0 Å². The number of nitrogens with one attached hydrogen (secondary N) is 2. The summed E-state index contributed by atoms with van der Waals surface area (Å²) in [5.41, 5.74) is 6.79. The number of amides is 2. The summed E-state index contributed by atoms with van der Waals surface area (Å²) >= 11 is 0. The van der Waals surface area contributed by atoms with Crippen molar-refractivity contribution < 1.29 is 9.59 Å². The molecule has 0 radical (unpaired) electrons. The van der Waals surface area contributed by atoms with Gasteiger partial charge in [-0.05, 0) is 55.1 Å². The van der Waals surface area contributed by atoms with Crippen molar-refractivity contribution in [2.45, 2.75) is 13.1 Å². The molecular weight excluding hydrogens is 402 g/mol. The van der Waals surface area contributed by atoms with Gasteiger partial charge >= 0.3 is 0 Å². The van der Waals surface area contributed by atoms with Crippen LogP contribution in [0.4, 0.5) is 5.69 Å². The zero-order chi connectivity index (χ0) is 22.2. The molecule has 0 saturated carbocycles. The third-order valence-corrected chi connectivity index (χ3v) is 5.59. The summed E-state index contributed by atoms with van der Waals surface area (Å²) in [7, 11) is 4.10. The zero-order valence-electron chi connectivity index (χ0n) is 17.9. The molecule has 2 aromatic carbocycles. The lowest BCUT2D eigenvalue weighted by atomic mass is 10.0. The Morgan fingerprint density at radius 2 is 1.88 bits per heavy atom. The maximum Gasteiger partial charge on any atom is 0.259 e. The van der Waals surface area contributed by atoms with E-state index in [2.05, 4.69) is 59.0 Å². The first-order valence-corrected chi connectivity index (χ1v) is 10.4. The third-order valence-electron chi connectivity index (χ3n) is 5.59. The van der Waals surface area contributed by atoms with Crippen LogP contribution < -0.4 is 10.6 Å². The van der Waals surface area contributed by atoms with E-state index in [1.165, 1.54) is 5.56 Å². The van der Waals surface area contributed by atoms with Crippen LogP contribution in [0.25, 0.3) is 16.6 Å². The molecule has 0 bridgehead atoms. The molecule has 5 rings (SSSR count). The molecule has 160 valence electrons. The maximum atomic E-state index is 12.9. The molecule has 2 aromatic heterocycles. The Balaban J connectivity index is 1.37. The minimum Gasteiger partial charge on any atom is -0.348 e. The molecule has 3 heterocycles. The van der Waals surface area contributed by atoms with Crippen molar-refractivity contribution >= 4 is 23.0 Å². The van der Waals surface area contributed by atoms with Gasteiger partial charge in [0.05, 0.1) is 17.3 Å². The molecule has 2 N–H and O–H groups in total. The lowest BCUT2D eigenvalue weighted by molar-refractivity contribution is 0.0965. The molecule has 7 heteroatoms. The molecule has 0 atom stereocenters. The van der Waals surface area contributed by atoms with Gasteiger partial charge in [0, 0.05) is 36.1 Å². The van der Waals surface area contributed by atoms with Gasteiger partial charge in [0.15, 0.2) is 0 Å². The highest BCUT2D eigenvalue weighted by molar-refractivity contribution is 6.09. The van der Waals surface area contributed by atoms with E-state index < -0.39 is 0 Å². The van der Waals surface area contributed by atoms with E-state index in [0.29, 0.717) is 23.4 Å². The van der Waals surface area contributed by atoms with Crippen LogP contribution in [0.2, 0.25) is 0 Å². The molecule has 0 spiro atoms. The number of hydrogen-bond acceptors (Lipinski definition) is 4. The molecule has 1 aliphatic heterocycles. The fraction of sp³-hybridized carbons (Fsp3) is 0.160. The number of fused-ring (bicyclic) bond motifs is 2. The average molecular weight is 425 g/mol. The number of rotatable bonds is 5. The molecule has 1 aliphatic rings. The summed E-state index contributed by atoms with van der Waals surface area (Å²) in [6.07, 6.45) is 3.51. The quantitative estimate of drug-likeness (QED) is 0.513. The number of nitrogens with zero attached hydrogens (tertiary/aromatic N) is 3. The molecule has 32 heavy (non-hydrogen) atoms. The van der Waals surface area contributed by atoms with Crippen molar-refractivity contribution in [3.05, 3.63) is 89.2 Å². The second-order valence-electron chi connectivity index (χ2n) is 8.25. The fourth-order valence-corrected chi connectivity index (χ4v) is 4.01. The van der Waals surface area contributed by atoms with Gasteiger partial charge in [-0.1, -0.05) is 30.3 Å². The smallest absolute Gasteiger partial charge is 0.259 e. The van der Waals surface area contributed by atoms with Crippen molar-refractivity contribution in [3.8, 4) is 11.1 Å². The summed E-state index contributed by atoms with van der Waals surface area (Å²) < 4.78 is 1.73. The predicted molar refractivity (Wildman–Crippen MR) is 124 cm³/mol. The molecule has 7 nitrogen and oxygen atoms in total. The largest absolute Gasteiger partial charge is 0.348 e. The number of hydrogen-bond donors (Lipinski definition) is 2. The number of aromatic nitrogens is 2. The van der Waals surface area contributed by atoms with Crippen molar-refractivity contribution in [1.82, 2.24) is 19.8 Å². The highest BCUT2D eigenvalue weighted by atomic mass is 16.2. The molecule has 0 saturated heterocycles. The maximum absolute atomic E-state index is 12.9. The van der Waals surface area contributed by atoms with Gasteiger partial charge in [-0.3, -0.25) is 9.59 Å². The van der Waals surface area contributed by atoms with Gasteiger partial charge in [0.25, 0.3) is 11.8 Å². The summed E-state index contributed by atoms with van der Waals surface area (Å²) in [6, 6.07) is 17.7. The monoisotopic (exact) mass is 425 g/mol. The van der Waals surface area contributed by atoms with Gasteiger partial charge in [0.1, 0.15) is 0 Å². The Bertz CT molecular complexity index is 1340. The summed E-state index contributed by atoms with van der Waals surface area (Å²) in [5, 5.41) is 10.1. The Morgan fingerprint density at radius 3 is 2.66 bits per heavy atom. The average Bonchev–Trinajstić information content (AvgIpc) is 3.37. The second-order valence-corrected chi connectivity index (χ2v) is 8.25. The van der Waals surface area contributed by atoms with Crippen LogP contribution in [0.5, 0.6) is 0 Å². The first kappa shape index (κ1) is 20.0. The van der Waals surface area contributed by atoms with Crippen molar-refractivity contribution in [2.24, 2.45) is 0 Å². The van der Waals surface area contributed by atoms with E-state index in [9.17, 15) is 9.59 Å². The minimum atomic E-state index is -0.238. The number of carbonyl (C=O) groups is 2. The normalized spacial score (nSPS) is 12.8. The number of pyridine rings is 1. The van der Waals surface area contributed by atoms with E-state index in [-0.39, 0.29) is 11.8 Å². The predicted octanol–water partition coefficient (Wildman–Crippen LogP) is 3.56. The first-order chi connectivity index (χ1) is 15.5. The van der Waals surface area contributed by atoms with Crippen LogP contribution in [0.1, 0.15) is 31.8 Å². The van der Waals surface area contributed by atoms with E-state index >= 15 is 0 Å². The molecule has 0 fully saturated rings. The van der Waals surface area contributed by atoms with Crippen LogP contribution in [-0.4, -0.2) is 40.4 Å². The Kier molecular flexibility index (Phi) is 4.95. The van der Waals surface area contributed by atoms with Crippen molar-refractivity contribution in [2.75, 3.05) is 19.4 Å². The van der Waals surface area contributed by atoms with Gasteiger partial charge in [-0.15, -0.1) is 0 Å². The lowest BCUT2D eigenvalue weighted by Crippen LogP contribution is -2.12. The lowest BCUT2D eigenvalue weighted by Gasteiger charge is -2.10. The first-order valence-electron chi connectivity index (χ1n) is 10.4. The second kappa shape index (κ2) is 7.94. The highest BCUT2D eigenvalue weighted by Crippen LogP contribution is 2.24. The summed E-state index contributed by atoms with van der Waals surface area (Å²) in [5.74, 6) is -0.318. The van der Waals surface area contributed by atoms with E-state index in [1.54, 1.807) is 22.8 Å². The molecule has 2 amide bonds. The number of benzene rings is 2. The van der Waals surface area contributed by atoms with Crippen LogP contribution >= 0.6 is 0 Å². The van der Waals surface area contributed by atoms with Crippen LogP contribution in [0.15, 0.2) is 67.0 Å². The van der Waals surface area contributed by atoms with Gasteiger partial charge < -0.3 is 15.5 Å². The Hall–Kier alpha value is -3.97. The van der Waals surface area contributed by atoms with E-state index in [1.807, 2.05) is 24.4 Å². The van der Waals surface area contributed by atoms with Crippen molar-refractivity contribution in [1.29, 1.82) is 0 Å². The number of carbonyl (C=O) groups excluding carboxylic acids is 2. The molecule has 0 aliphatic carbocycles. The molecule has 4 aromatic rings. The zero-order valence-corrected chi connectivity index (χ0v) is 17.9. The topological polar surface area (TPSA) is 78.7 Å². The number of anilines is 1. The molecular formula is C25H23N5O2. The van der Waals surface area contributed by atoms with E-state index in [0.717, 1.165) is 28.8 Å². The fourth-order valence-electron chi connectivity index (χ4n) is 4.01. The summed E-state index contributed by atoms with van der Waals surface area (Å²) in [4.78, 5) is 26.7. The van der Waals surface area contributed by atoms with Gasteiger partial charge in [-0.2, -0.15) is 5.10 Å². The molecule has 0 unspecified atom stereocenters. The van der Waals surface area contributed by atoms with Gasteiger partial charge in [0.2, 0.25) is 0 Å². The van der Waals surface area contributed by atoms with Crippen LogP contribution in [-0.2, 0) is 13.1 Å². The van der Waals surface area contributed by atoms with Crippen LogP contribution in [0.3, 0.4) is 0 Å². The minimum absolute atomic E-state index is 0.0800. The van der Waals surface area contributed by atoms with Crippen molar-refractivity contribution in [3.63, 3.8) is 0 Å². The highest BCUT2D eigenvalue weighted by Gasteiger charge is 2.20. The Morgan fingerprint density at radius 1 is 1.09 bits per heavy atom. The Labute approximate surface area is 185 Å². The van der Waals surface area contributed by atoms with Crippen LogP contribution in [0, 0.1) is 0 Å². The third kappa shape index (κ3) is 3.74. The SMILES string of the molecule is CN(C)Cc1ccc(-c2ccc3c(C(=O)Nc4ccc5c(c4)CNC5=O)cnn3c2)cc1.